The van der Waals surface area contributed by atoms with Crippen LogP contribution in [0.15, 0.2) is 23.2 Å². The smallest absolute Gasteiger partial charge is 0.253 e. The van der Waals surface area contributed by atoms with E-state index in [1.54, 1.807) is 7.11 Å². The van der Waals surface area contributed by atoms with Gasteiger partial charge in [-0.25, -0.2) is 0 Å². The molecule has 1 aromatic rings. The Bertz CT molecular complexity index is 758. The van der Waals surface area contributed by atoms with E-state index in [4.69, 9.17) is 9.73 Å². The van der Waals surface area contributed by atoms with Gasteiger partial charge in [0.15, 0.2) is 6.04 Å². The average molecular weight is 341 g/mol. The van der Waals surface area contributed by atoms with Crippen LogP contribution in [0.4, 0.5) is 5.69 Å². The van der Waals surface area contributed by atoms with Gasteiger partial charge in [0.1, 0.15) is 12.4 Å². The number of rotatable bonds is 4. The maximum absolute atomic E-state index is 13.1. The minimum atomic E-state index is -0.294. The number of fused-ring (bicyclic) bond motifs is 4. The van der Waals surface area contributed by atoms with Crippen LogP contribution < -0.4 is 9.64 Å². The summed E-state index contributed by atoms with van der Waals surface area (Å²) in [6.07, 6.45) is 1.03. The molecule has 1 amide bonds. The molecule has 3 fully saturated rings. The Labute approximate surface area is 147 Å². The molecule has 0 saturated carbocycles. The van der Waals surface area contributed by atoms with E-state index in [0.29, 0.717) is 12.7 Å². The lowest BCUT2D eigenvalue weighted by Crippen LogP contribution is -2.53. The van der Waals surface area contributed by atoms with Crippen molar-refractivity contribution >= 4 is 17.3 Å². The van der Waals surface area contributed by atoms with Crippen LogP contribution in [0.25, 0.3) is 0 Å². The third kappa shape index (κ3) is 2.19. The van der Waals surface area contributed by atoms with Crippen molar-refractivity contribution in [3.63, 3.8) is 0 Å². The molecule has 5 aliphatic heterocycles. The van der Waals surface area contributed by atoms with E-state index in [2.05, 4.69) is 9.80 Å². The molecule has 0 spiro atoms. The van der Waals surface area contributed by atoms with Crippen molar-refractivity contribution in [2.75, 3.05) is 52.2 Å². The number of ether oxygens (including phenoxy) is 1. The lowest BCUT2D eigenvalue weighted by molar-refractivity contribution is -0.131. The minimum Gasteiger partial charge on any atom is -0.497 e. The summed E-state index contributed by atoms with van der Waals surface area (Å²) in [5.74, 6) is 0.970. The van der Waals surface area contributed by atoms with Crippen LogP contribution in [0.5, 0.6) is 5.75 Å². The molecule has 1 aromatic carbocycles. The summed E-state index contributed by atoms with van der Waals surface area (Å²) in [6, 6.07) is 6.24. The molecule has 2 unspecified atom stereocenters. The van der Waals surface area contributed by atoms with Gasteiger partial charge in [-0.2, -0.15) is 0 Å². The van der Waals surface area contributed by atoms with Crippen molar-refractivity contribution < 1.29 is 9.53 Å². The van der Waals surface area contributed by atoms with Crippen molar-refractivity contribution in [3.8, 4) is 5.75 Å². The second-order valence-electron chi connectivity index (χ2n) is 7.35. The number of likely N-dealkylation sites (N-methyl/N-ethyl adjacent to an activating group) is 1. The molecule has 3 saturated heterocycles. The number of nitrogens with zero attached hydrogens (tertiary/aromatic N) is 5. The molecule has 2 atom stereocenters. The number of benzene rings is 1. The van der Waals surface area contributed by atoms with Crippen LogP contribution in [-0.2, 0) is 4.79 Å². The second-order valence-corrected chi connectivity index (χ2v) is 7.35. The molecule has 7 nitrogen and oxygen atoms in total. The Morgan fingerprint density at radius 1 is 1.32 bits per heavy atom. The van der Waals surface area contributed by atoms with E-state index in [1.807, 2.05) is 35.0 Å². The first kappa shape index (κ1) is 15.2. The Hall–Kier alpha value is -2.12. The quantitative estimate of drug-likeness (QED) is 0.794. The third-order valence-electron chi connectivity index (χ3n) is 5.94. The number of methoxy groups -OCH3 is 1. The van der Waals surface area contributed by atoms with Gasteiger partial charge >= 0.3 is 0 Å². The fourth-order valence-electron chi connectivity index (χ4n) is 4.47. The molecule has 5 aliphatic rings. The molecule has 0 aromatic heterocycles. The largest absolute Gasteiger partial charge is 0.497 e. The fraction of sp³-hybridized carbons (Fsp3) is 0.556. The standard InChI is InChI=1S/C18H23N5O2/c1-20-15-4-3-13(25-2)7-14(15)16-17(20)18(24)22(9-19-16)6-5-12-8-21-10-23(12)11-21/h3-4,7,12,17H,5-6,8-11H2,1-2H3. The first-order chi connectivity index (χ1) is 12.2. The molecule has 5 heterocycles. The first-order valence-electron chi connectivity index (χ1n) is 8.86. The zero-order chi connectivity index (χ0) is 17.1. The summed E-state index contributed by atoms with van der Waals surface area (Å²) in [4.78, 5) is 26.7. The summed E-state index contributed by atoms with van der Waals surface area (Å²) in [7, 11) is 3.64. The number of aliphatic imine (C=N–C) groups is 1. The Morgan fingerprint density at radius 3 is 2.88 bits per heavy atom. The lowest BCUT2D eigenvalue weighted by atomic mass is 10.0. The molecular weight excluding hydrogens is 318 g/mol. The summed E-state index contributed by atoms with van der Waals surface area (Å²) in [5, 5.41) is 0. The Kier molecular flexibility index (Phi) is 3.30. The molecule has 6 rings (SSSR count). The SMILES string of the molecule is COc1ccc2c(c1)C1=NCN(CCC3CN4CN3C4)C(=O)C1N2C. The van der Waals surface area contributed by atoms with E-state index in [0.717, 1.165) is 55.6 Å². The van der Waals surface area contributed by atoms with E-state index < -0.39 is 0 Å². The maximum Gasteiger partial charge on any atom is 0.253 e. The van der Waals surface area contributed by atoms with Gasteiger partial charge in [0.05, 0.1) is 26.2 Å². The van der Waals surface area contributed by atoms with Crippen molar-refractivity contribution in [1.82, 2.24) is 14.7 Å². The van der Waals surface area contributed by atoms with E-state index >= 15 is 0 Å². The van der Waals surface area contributed by atoms with Gasteiger partial charge in [-0.15, -0.1) is 0 Å². The number of hydrogen-bond acceptors (Lipinski definition) is 6. The van der Waals surface area contributed by atoms with Crippen LogP contribution in [0.3, 0.4) is 0 Å². The van der Waals surface area contributed by atoms with Crippen molar-refractivity contribution in [2.45, 2.75) is 18.5 Å². The summed E-state index contributed by atoms with van der Waals surface area (Å²) in [6.45, 7) is 4.60. The van der Waals surface area contributed by atoms with Crippen LogP contribution >= 0.6 is 0 Å². The summed E-state index contributed by atoms with van der Waals surface area (Å²) < 4.78 is 5.33. The van der Waals surface area contributed by atoms with Crippen LogP contribution in [0, 0.1) is 0 Å². The molecular formula is C18H23N5O2. The number of amides is 1. The highest BCUT2D eigenvalue weighted by atomic mass is 16.5. The number of anilines is 1. The van der Waals surface area contributed by atoms with Gasteiger partial charge in [-0.05, 0) is 24.6 Å². The topological polar surface area (TPSA) is 51.6 Å². The number of carbonyl (C=O) groups is 1. The summed E-state index contributed by atoms with van der Waals surface area (Å²) in [5.41, 5.74) is 2.96. The predicted octanol–water partition coefficient (Wildman–Crippen LogP) is 0.407. The molecule has 0 aliphatic carbocycles. The third-order valence-corrected chi connectivity index (χ3v) is 5.94. The maximum atomic E-state index is 13.1. The van der Waals surface area contributed by atoms with Crippen LogP contribution in [0.1, 0.15) is 12.0 Å². The van der Waals surface area contributed by atoms with Gasteiger partial charge in [0, 0.05) is 37.4 Å². The molecule has 0 radical (unpaired) electrons. The summed E-state index contributed by atoms with van der Waals surface area (Å²) >= 11 is 0. The highest BCUT2D eigenvalue weighted by Gasteiger charge is 2.44. The molecule has 132 valence electrons. The second kappa shape index (κ2) is 5.44. The van der Waals surface area contributed by atoms with Gasteiger partial charge in [0.2, 0.25) is 0 Å². The predicted molar refractivity (Wildman–Crippen MR) is 95.0 cm³/mol. The van der Waals surface area contributed by atoms with Crippen LogP contribution in [-0.4, -0.2) is 85.7 Å². The zero-order valence-corrected chi connectivity index (χ0v) is 14.7. The Morgan fingerprint density at radius 2 is 2.16 bits per heavy atom. The Balaban J connectivity index is 1.35. The van der Waals surface area contributed by atoms with Crippen molar-refractivity contribution in [1.29, 1.82) is 0 Å². The highest BCUT2D eigenvalue weighted by Crippen LogP contribution is 2.36. The van der Waals surface area contributed by atoms with Crippen molar-refractivity contribution in [3.05, 3.63) is 23.8 Å². The molecule has 2 bridgehead atoms. The molecule has 0 N–H and O–H groups in total. The highest BCUT2D eigenvalue weighted by molar-refractivity contribution is 6.25. The molecule has 7 heteroatoms. The molecule has 25 heavy (non-hydrogen) atoms. The van der Waals surface area contributed by atoms with Gasteiger partial charge in [0.25, 0.3) is 5.91 Å². The fourth-order valence-corrected chi connectivity index (χ4v) is 4.47. The average Bonchev–Trinajstić information content (AvgIpc) is 3.26. The van der Waals surface area contributed by atoms with E-state index in [9.17, 15) is 4.79 Å². The van der Waals surface area contributed by atoms with E-state index in [-0.39, 0.29) is 11.9 Å². The van der Waals surface area contributed by atoms with Crippen molar-refractivity contribution in [2.24, 2.45) is 4.99 Å². The zero-order valence-electron chi connectivity index (χ0n) is 14.7. The minimum absolute atomic E-state index is 0.170. The number of carbonyl (C=O) groups excluding carboxylic acids is 1. The van der Waals surface area contributed by atoms with Gasteiger partial charge in [-0.3, -0.25) is 19.6 Å². The number of hydrogen-bond donors (Lipinski definition) is 0. The van der Waals surface area contributed by atoms with E-state index in [1.165, 1.54) is 0 Å². The lowest BCUT2D eigenvalue weighted by Gasteiger charge is -2.34. The van der Waals surface area contributed by atoms with Crippen LogP contribution in [0.2, 0.25) is 0 Å². The normalized spacial score (nSPS) is 32.2. The van der Waals surface area contributed by atoms with Gasteiger partial charge < -0.3 is 14.5 Å². The first-order valence-corrected chi connectivity index (χ1v) is 8.86. The van der Waals surface area contributed by atoms with Gasteiger partial charge in [-0.1, -0.05) is 0 Å². The monoisotopic (exact) mass is 341 g/mol.